The number of carbonyl (C=O) groups is 1. The molecule has 3 aromatic rings. The Morgan fingerprint density at radius 1 is 1.04 bits per heavy atom. The number of hydrogen-bond acceptors (Lipinski definition) is 3. The number of para-hydroxylation sites is 1. The summed E-state index contributed by atoms with van der Waals surface area (Å²) in [5, 5.41) is 0.959. The number of rotatable bonds is 6. The number of hydrogen-bond donors (Lipinski definition) is 0. The zero-order valence-corrected chi connectivity index (χ0v) is 17.5. The van der Waals surface area contributed by atoms with Crippen molar-refractivity contribution < 1.29 is 4.79 Å². The highest BCUT2D eigenvalue weighted by atomic mass is 35.5. The summed E-state index contributed by atoms with van der Waals surface area (Å²) in [5.74, 6) is 0.183. The van der Waals surface area contributed by atoms with Gasteiger partial charge in [0.15, 0.2) is 0 Å². The van der Waals surface area contributed by atoms with E-state index in [1.54, 1.807) is 11.8 Å². The minimum absolute atomic E-state index is 0. The topological polar surface area (TPSA) is 33.2 Å². The first-order valence-electron chi connectivity index (χ1n) is 9.04. The summed E-state index contributed by atoms with van der Waals surface area (Å²) in [6.07, 6.45) is 0. The molecule has 0 aliphatic heterocycles. The lowest BCUT2D eigenvalue weighted by atomic mass is 10.1. The van der Waals surface area contributed by atoms with Crippen LogP contribution in [-0.4, -0.2) is 34.1 Å². The largest absolute Gasteiger partial charge is 0.342 e. The van der Waals surface area contributed by atoms with Gasteiger partial charge in [-0.15, -0.1) is 24.2 Å². The molecule has 0 bridgehead atoms. The third-order valence-electron chi connectivity index (χ3n) is 4.47. The van der Waals surface area contributed by atoms with Gasteiger partial charge in [-0.25, -0.2) is 4.98 Å². The van der Waals surface area contributed by atoms with E-state index in [9.17, 15) is 4.79 Å². The van der Waals surface area contributed by atoms with E-state index in [1.807, 2.05) is 62.1 Å². The molecule has 0 saturated carbocycles. The number of pyridine rings is 1. The van der Waals surface area contributed by atoms with Crippen LogP contribution in [-0.2, 0) is 4.79 Å². The van der Waals surface area contributed by atoms with Crippen molar-refractivity contribution in [1.29, 1.82) is 0 Å². The Bertz CT molecular complexity index is 897. The number of benzene rings is 2. The predicted molar refractivity (Wildman–Crippen MR) is 118 cm³/mol. The quantitative estimate of drug-likeness (QED) is 0.499. The van der Waals surface area contributed by atoms with Crippen LogP contribution < -0.4 is 0 Å². The molecular formula is C22H25ClN2OS. The van der Waals surface area contributed by atoms with Crippen molar-refractivity contribution in [3.8, 4) is 11.3 Å². The lowest BCUT2D eigenvalue weighted by Crippen LogP contribution is -2.36. The van der Waals surface area contributed by atoms with Gasteiger partial charge in [0.2, 0.25) is 5.91 Å². The number of carbonyl (C=O) groups excluding carboxylic acids is 1. The fourth-order valence-corrected chi connectivity index (χ4v) is 4.14. The second-order valence-electron chi connectivity index (χ2n) is 6.16. The van der Waals surface area contributed by atoms with Crippen molar-refractivity contribution in [2.24, 2.45) is 0 Å². The van der Waals surface area contributed by atoms with E-state index in [0.29, 0.717) is 0 Å². The Labute approximate surface area is 171 Å². The first kappa shape index (κ1) is 21.3. The van der Waals surface area contributed by atoms with Crippen LogP contribution in [0.15, 0.2) is 65.6 Å². The van der Waals surface area contributed by atoms with Crippen LogP contribution in [0.3, 0.4) is 0 Å². The van der Waals surface area contributed by atoms with E-state index in [0.717, 1.165) is 40.1 Å². The number of nitrogens with zero attached hydrogens (tertiary/aromatic N) is 2. The van der Waals surface area contributed by atoms with Crippen LogP contribution in [0.5, 0.6) is 0 Å². The summed E-state index contributed by atoms with van der Waals surface area (Å²) < 4.78 is 0. The predicted octanol–water partition coefficient (Wildman–Crippen LogP) is 5.67. The average molecular weight is 401 g/mol. The van der Waals surface area contributed by atoms with Gasteiger partial charge < -0.3 is 4.90 Å². The molecular weight excluding hydrogens is 376 g/mol. The summed E-state index contributed by atoms with van der Waals surface area (Å²) in [7, 11) is 0. The van der Waals surface area contributed by atoms with Gasteiger partial charge in [0.25, 0.3) is 0 Å². The Hall–Kier alpha value is -2.04. The highest BCUT2D eigenvalue weighted by Gasteiger charge is 2.20. The number of fused-ring (bicyclic) bond motifs is 1. The number of thioether (sulfide) groups is 1. The van der Waals surface area contributed by atoms with Crippen LogP contribution in [0.1, 0.15) is 20.8 Å². The molecule has 2 aromatic carbocycles. The molecule has 0 fully saturated rings. The normalized spacial score (nSPS) is 11.7. The van der Waals surface area contributed by atoms with Crippen molar-refractivity contribution in [3.05, 3.63) is 60.7 Å². The first-order valence-corrected chi connectivity index (χ1v) is 9.92. The maximum Gasteiger partial charge on any atom is 0.235 e. The monoisotopic (exact) mass is 400 g/mol. The van der Waals surface area contributed by atoms with Gasteiger partial charge in [-0.05, 0) is 32.9 Å². The molecule has 0 N–H and O–H groups in total. The van der Waals surface area contributed by atoms with Crippen LogP contribution >= 0.6 is 24.2 Å². The zero-order chi connectivity index (χ0) is 18.5. The molecule has 0 aliphatic rings. The maximum atomic E-state index is 12.7. The minimum atomic E-state index is -0.135. The van der Waals surface area contributed by atoms with Crippen LogP contribution in [0, 0.1) is 0 Å². The van der Waals surface area contributed by atoms with Gasteiger partial charge in [0.05, 0.1) is 16.5 Å². The molecule has 3 rings (SSSR count). The van der Waals surface area contributed by atoms with E-state index < -0.39 is 0 Å². The van der Waals surface area contributed by atoms with Crippen molar-refractivity contribution in [2.75, 3.05) is 13.1 Å². The molecule has 27 heavy (non-hydrogen) atoms. The standard InChI is InChI=1S/C22H24N2OS.ClH/c1-4-24(5-2)22(25)16(3)26-21-15-20(17-11-7-6-8-12-17)23-19-14-10-9-13-18(19)21;/h6-16H,4-5H2,1-3H3;1H. The molecule has 1 atom stereocenters. The van der Waals surface area contributed by atoms with Crippen LogP contribution in [0.4, 0.5) is 0 Å². The molecule has 1 aromatic heterocycles. The van der Waals surface area contributed by atoms with Crippen LogP contribution in [0.25, 0.3) is 22.2 Å². The molecule has 1 unspecified atom stereocenters. The van der Waals surface area contributed by atoms with Crippen LogP contribution in [0.2, 0.25) is 0 Å². The Morgan fingerprint density at radius 2 is 1.67 bits per heavy atom. The second-order valence-corrected chi connectivity index (χ2v) is 7.54. The molecule has 1 heterocycles. The fraction of sp³-hybridized carbons (Fsp3) is 0.273. The van der Waals surface area contributed by atoms with Crippen molar-refractivity contribution in [3.63, 3.8) is 0 Å². The molecule has 5 heteroatoms. The number of halogens is 1. The molecule has 142 valence electrons. The van der Waals surface area contributed by atoms with Crippen molar-refractivity contribution in [2.45, 2.75) is 30.9 Å². The third kappa shape index (κ3) is 4.82. The Kier molecular flexibility index (Phi) is 7.69. The fourth-order valence-electron chi connectivity index (χ4n) is 3.03. The molecule has 1 amide bonds. The summed E-state index contributed by atoms with van der Waals surface area (Å²) in [5.41, 5.74) is 2.98. The molecule has 0 spiro atoms. The van der Waals surface area contributed by atoms with Gasteiger partial charge in [0.1, 0.15) is 0 Å². The molecule has 3 nitrogen and oxygen atoms in total. The lowest BCUT2D eigenvalue weighted by molar-refractivity contribution is -0.129. The SMILES string of the molecule is CCN(CC)C(=O)C(C)Sc1cc(-c2ccccc2)nc2ccccc12.Cl. The van der Waals surface area contributed by atoms with E-state index in [-0.39, 0.29) is 23.6 Å². The van der Waals surface area contributed by atoms with E-state index in [1.165, 1.54) is 0 Å². The lowest BCUT2D eigenvalue weighted by Gasteiger charge is -2.23. The van der Waals surface area contributed by atoms with Gasteiger partial charge in [-0.2, -0.15) is 0 Å². The van der Waals surface area contributed by atoms with Gasteiger partial charge in [-0.1, -0.05) is 48.5 Å². The molecule has 0 saturated heterocycles. The van der Waals surface area contributed by atoms with Gasteiger partial charge >= 0.3 is 0 Å². The summed E-state index contributed by atoms with van der Waals surface area (Å²) in [6, 6.07) is 20.4. The Balaban J connectivity index is 0.00000261. The van der Waals surface area contributed by atoms with E-state index in [4.69, 9.17) is 4.98 Å². The first-order chi connectivity index (χ1) is 12.6. The average Bonchev–Trinajstić information content (AvgIpc) is 2.69. The smallest absolute Gasteiger partial charge is 0.235 e. The Morgan fingerprint density at radius 3 is 2.33 bits per heavy atom. The van der Waals surface area contributed by atoms with Gasteiger partial charge in [-0.3, -0.25) is 4.79 Å². The zero-order valence-electron chi connectivity index (χ0n) is 15.9. The maximum absolute atomic E-state index is 12.7. The summed E-state index contributed by atoms with van der Waals surface area (Å²) in [6.45, 7) is 7.52. The van der Waals surface area contributed by atoms with Gasteiger partial charge in [0, 0.05) is 28.9 Å². The summed E-state index contributed by atoms with van der Waals surface area (Å²) >= 11 is 1.62. The van der Waals surface area contributed by atoms with E-state index >= 15 is 0 Å². The van der Waals surface area contributed by atoms with Crippen molar-refractivity contribution >= 4 is 41.0 Å². The van der Waals surface area contributed by atoms with E-state index in [2.05, 4.69) is 24.3 Å². The second kappa shape index (κ2) is 9.77. The highest BCUT2D eigenvalue weighted by molar-refractivity contribution is 8.00. The number of amides is 1. The highest BCUT2D eigenvalue weighted by Crippen LogP contribution is 2.34. The third-order valence-corrected chi connectivity index (χ3v) is 5.62. The van der Waals surface area contributed by atoms with Crippen molar-refractivity contribution in [1.82, 2.24) is 9.88 Å². The molecule has 0 radical (unpaired) electrons. The number of aromatic nitrogens is 1. The summed E-state index contributed by atoms with van der Waals surface area (Å²) in [4.78, 5) is 20.5. The molecule has 0 aliphatic carbocycles. The minimum Gasteiger partial charge on any atom is -0.342 e.